The van der Waals surface area contributed by atoms with Gasteiger partial charge in [-0.3, -0.25) is 9.69 Å². The maximum atomic E-state index is 13.4. The summed E-state index contributed by atoms with van der Waals surface area (Å²) in [5.41, 5.74) is 1.47. The number of hydrogen-bond acceptors (Lipinski definition) is 6. The number of carbonyl (C=O) groups excluding carboxylic acids is 1. The number of likely N-dealkylation sites (N-methyl/N-ethyl adjacent to an activating group) is 1. The van der Waals surface area contributed by atoms with Crippen LogP contribution in [0.3, 0.4) is 0 Å². The Hall–Kier alpha value is -1.80. The van der Waals surface area contributed by atoms with Crippen molar-refractivity contribution in [2.75, 3.05) is 44.4 Å². The second-order valence-corrected chi connectivity index (χ2v) is 8.40. The molecule has 0 aliphatic carbocycles. The fourth-order valence-electron chi connectivity index (χ4n) is 3.15. The number of aromatic nitrogens is 1. The van der Waals surface area contributed by atoms with Gasteiger partial charge in [0, 0.05) is 23.5 Å². The van der Waals surface area contributed by atoms with E-state index in [1.54, 1.807) is 23.8 Å². The summed E-state index contributed by atoms with van der Waals surface area (Å²) >= 11 is 3.19. The lowest BCUT2D eigenvalue weighted by molar-refractivity contribution is 0.0983. The SMILES string of the molecule is CCN(CC)CCN(C(=O)c1ccc(SC)cc1)c1nc2c(OC)cccc2s1.Cl. The Morgan fingerprint density at radius 2 is 1.80 bits per heavy atom. The van der Waals surface area contributed by atoms with Crippen LogP contribution in [0, 0.1) is 0 Å². The summed E-state index contributed by atoms with van der Waals surface area (Å²) in [6.07, 6.45) is 2.03. The van der Waals surface area contributed by atoms with Gasteiger partial charge in [0.2, 0.25) is 0 Å². The van der Waals surface area contributed by atoms with E-state index in [9.17, 15) is 4.79 Å². The highest BCUT2D eigenvalue weighted by Crippen LogP contribution is 2.34. The molecule has 0 bridgehead atoms. The van der Waals surface area contributed by atoms with E-state index in [2.05, 4.69) is 18.7 Å². The van der Waals surface area contributed by atoms with Crippen molar-refractivity contribution in [1.29, 1.82) is 0 Å². The molecule has 3 rings (SSSR count). The molecule has 162 valence electrons. The average molecular weight is 466 g/mol. The van der Waals surface area contributed by atoms with Crippen LogP contribution in [-0.2, 0) is 0 Å². The molecule has 0 radical (unpaired) electrons. The topological polar surface area (TPSA) is 45.7 Å². The van der Waals surface area contributed by atoms with Crippen molar-refractivity contribution in [3.8, 4) is 5.75 Å². The third kappa shape index (κ3) is 5.46. The van der Waals surface area contributed by atoms with Crippen LogP contribution in [0.1, 0.15) is 24.2 Å². The van der Waals surface area contributed by atoms with Gasteiger partial charge in [-0.15, -0.1) is 24.2 Å². The first-order valence-electron chi connectivity index (χ1n) is 9.73. The number of rotatable bonds is 9. The van der Waals surface area contributed by atoms with Crippen LogP contribution in [0.5, 0.6) is 5.75 Å². The molecule has 0 saturated heterocycles. The Kier molecular flexibility index (Phi) is 9.42. The van der Waals surface area contributed by atoms with Gasteiger partial charge in [0.05, 0.1) is 11.8 Å². The first-order valence-corrected chi connectivity index (χ1v) is 11.8. The third-order valence-corrected chi connectivity index (χ3v) is 6.73. The van der Waals surface area contributed by atoms with E-state index in [4.69, 9.17) is 9.72 Å². The van der Waals surface area contributed by atoms with Gasteiger partial charge in [0.25, 0.3) is 5.91 Å². The number of thioether (sulfide) groups is 1. The first kappa shape index (κ1) is 24.5. The van der Waals surface area contributed by atoms with Gasteiger partial charge in [-0.05, 0) is 55.7 Å². The molecule has 8 heteroatoms. The highest BCUT2D eigenvalue weighted by atomic mass is 35.5. The van der Waals surface area contributed by atoms with E-state index in [0.717, 1.165) is 40.5 Å². The molecule has 30 heavy (non-hydrogen) atoms. The monoisotopic (exact) mass is 465 g/mol. The van der Waals surface area contributed by atoms with Crippen LogP contribution in [0.4, 0.5) is 5.13 Å². The smallest absolute Gasteiger partial charge is 0.260 e. The number of fused-ring (bicyclic) bond motifs is 1. The van der Waals surface area contributed by atoms with Crippen molar-refractivity contribution in [3.63, 3.8) is 0 Å². The van der Waals surface area contributed by atoms with Gasteiger partial charge in [-0.25, -0.2) is 4.98 Å². The van der Waals surface area contributed by atoms with Crippen LogP contribution in [-0.4, -0.2) is 55.3 Å². The number of carbonyl (C=O) groups is 1. The van der Waals surface area contributed by atoms with E-state index in [0.29, 0.717) is 17.2 Å². The van der Waals surface area contributed by atoms with Crippen LogP contribution < -0.4 is 9.64 Å². The number of benzene rings is 2. The molecule has 1 aromatic heterocycles. The van der Waals surface area contributed by atoms with Gasteiger partial charge in [-0.2, -0.15) is 0 Å². The van der Waals surface area contributed by atoms with Gasteiger partial charge < -0.3 is 9.64 Å². The molecule has 0 saturated carbocycles. The summed E-state index contributed by atoms with van der Waals surface area (Å²) in [6.45, 7) is 7.57. The Balaban J connectivity index is 0.00000320. The summed E-state index contributed by atoms with van der Waals surface area (Å²) in [5.74, 6) is 0.702. The molecular formula is C22H28ClN3O2S2. The van der Waals surface area contributed by atoms with Crippen molar-refractivity contribution < 1.29 is 9.53 Å². The molecule has 0 aliphatic heterocycles. The fourth-order valence-corrected chi connectivity index (χ4v) is 4.56. The van der Waals surface area contributed by atoms with Gasteiger partial charge in [0.15, 0.2) is 5.13 Å². The zero-order valence-electron chi connectivity index (χ0n) is 17.8. The second kappa shape index (κ2) is 11.6. The van der Waals surface area contributed by atoms with Gasteiger partial charge >= 0.3 is 0 Å². The summed E-state index contributed by atoms with van der Waals surface area (Å²) in [7, 11) is 1.64. The van der Waals surface area contributed by atoms with Crippen LogP contribution in [0.15, 0.2) is 47.4 Å². The summed E-state index contributed by atoms with van der Waals surface area (Å²) in [5, 5.41) is 0.704. The van der Waals surface area contributed by atoms with E-state index >= 15 is 0 Å². The molecule has 0 N–H and O–H groups in total. The second-order valence-electron chi connectivity index (χ2n) is 6.52. The summed E-state index contributed by atoms with van der Waals surface area (Å²) in [6, 6.07) is 13.6. The number of para-hydroxylation sites is 1. The molecule has 0 aliphatic rings. The Labute approximate surface area is 192 Å². The molecular weight excluding hydrogens is 438 g/mol. The van der Waals surface area contributed by atoms with Crippen molar-refractivity contribution in [3.05, 3.63) is 48.0 Å². The minimum absolute atomic E-state index is 0. The summed E-state index contributed by atoms with van der Waals surface area (Å²) in [4.78, 5) is 23.4. The lowest BCUT2D eigenvalue weighted by atomic mass is 10.2. The zero-order valence-corrected chi connectivity index (χ0v) is 20.2. The molecule has 1 amide bonds. The standard InChI is InChI=1S/C22H27N3O2S2.ClH/c1-5-24(6-2)14-15-25(21(26)16-10-12-17(28-4)13-11-16)22-23-20-18(27-3)8-7-9-19(20)29-22;/h7-13H,5-6,14-15H2,1-4H3;1H. The van der Waals surface area contributed by atoms with E-state index < -0.39 is 0 Å². The number of thiazole rings is 1. The van der Waals surface area contributed by atoms with Crippen LogP contribution in [0.25, 0.3) is 10.2 Å². The molecule has 2 aromatic carbocycles. The number of amides is 1. The van der Waals surface area contributed by atoms with Crippen LogP contribution in [0.2, 0.25) is 0 Å². The highest BCUT2D eigenvalue weighted by Gasteiger charge is 2.22. The number of anilines is 1. The average Bonchev–Trinajstić information content (AvgIpc) is 3.20. The molecule has 5 nitrogen and oxygen atoms in total. The quantitative estimate of drug-likeness (QED) is 0.394. The van der Waals surface area contributed by atoms with E-state index in [1.807, 2.05) is 48.7 Å². The third-order valence-electron chi connectivity index (χ3n) is 4.94. The minimum Gasteiger partial charge on any atom is -0.494 e. The first-order chi connectivity index (χ1) is 14.1. The van der Waals surface area contributed by atoms with Crippen molar-refractivity contribution in [2.24, 2.45) is 0 Å². The predicted molar refractivity (Wildman–Crippen MR) is 131 cm³/mol. The Morgan fingerprint density at radius 3 is 2.40 bits per heavy atom. The Bertz CT molecular complexity index is 959. The molecule has 0 unspecified atom stereocenters. The summed E-state index contributed by atoms with van der Waals surface area (Å²) < 4.78 is 6.47. The largest absolute Gasteiger partial charge is 0.494 e. The van der Waals surface area contributed by atoms with E-state index in [-0.39, 0.29) is 18.3 Å². The lowest BCUT2D eigenvalue weighted by Crippen LogP contribution is -2.38. The number of halogens is 1. The zero-order chi connectivity index (χ0) is 20.8. The fraction of sp³-hybridized carbons (Fsp3) is 0.364. The predicted octanol–water partition coefficient (Wildman–Crippen LogP) is 5.44. The minimum atomic E-state index is -0.0252. The van der Waals surface area contributed by atoms with Gasteiger partial charge in [-0.1, -0.05) is 31.3 Å². The molecule has 1 heterocycles. The number of nitrogens with zero attached hydrogens (tertiary/aromatic N) is 3. The van der Waals surface area contributed by atoms with Crippen molar-refractivity contribution in [2.45, 2.75) is 18.7 Å². The number of hydrogen-bond donors (Lipinski definition) is 0. The molecule has 0 fully saturated rings. The highest BCUT2D eigenvalue weighted by molar-refractivity contribution is 7.98. The molecule has 0 spiro atoms. The number of methoxy groups -OCH3 is 1. The Morgan fingerprint density at radius 1 is 1.10 bits per heavy atom. The maximum Gasteiger partial charge on any atom is 0.260 e. The van der Waals surface area contributed by atoms with Crippen molar-refractivity contribution in [1.82, 2.24) is 9.88 Å². The molecule has 0 atom stereocenters. The van der Waals surface area contributed by atoms with Gasteiger partial charge in [0.1, 0.15) is 11.3 Å². The number of ether oxygens (including phenoxy) is 1. The van der Waals surface area contributed by atoms with E-state index in [1.165, 1.54) is 11.3 Å². The molecule has 3 aromatic rings. The van der Waals surface area contributed by atoms with Crippen LogP contribution >= 0.6 is 35.5 Å². The van der Waals surface area contributed by atoms with Crippen molar-refractivity contribution >= 4 is 56.8 Å². The normalized spacial score (nSPS) is 10.8. The lowest BCUT2D eigenvalue weighted by Gasteiger charge is -2.24. The maximum absolute atomic E-state index is 13.4.